The molecule has 0 radical (unpaired) electrons. The molecule has 0 spiro atoms. The maximum Gasteiger partial charge on any atom is 0.490 e. The molecular weight excluding hydrogens is 551 g/mol. The Morgan fingerprint density at radius 1 is 0.950 bits per heavy atom. The van der Waals surface area contributed by atoms with E-state index in [0.29, 0.717) is 18.8 Å². The van der Waals surface area contributed by atoms with Gasteiger partial charge in [-0.3, -0.25) is 4.72 Å². The van der Waals surface area contributed by atoms with Crippen molar-refractivity contribution in [2.75, 3.05) is 34.2 Å². The van der Waals surface area contributed by atoms with Gasteiger partial charge in [0, 0.05) is 37.1 Å². The first kappa shape index (κ1) is 30.3. The van der Waals surface area contributed by atoms with Gasteiger partial charge >= 0.3 is 18.1 Å². The number of hydrogen-bond donors (Lipinski definition) is 3. The highest BCUT2D eigenvalue weighted by Crippen LogP contribution is 2.30. The van der Waals surface area contributed by atoms with E-state index in [-0.39, 0.29) is 22.2 Å². The smallest absolute Gasteiger partial charge is 0.478 e. The number of aryl methyl sites for hydroxylation is 1. The fourth-order valence-corrected chi connectivity index (χ4v) is 5.30. The number of benzene rings is 3. The van der Waals surface area contributed by atoms with Crippen LogP contribution in [0.15, 0.2) is 77.7 Å². The molecular formula is C27H28F3N3O6S. The summed E-state index contributed by atoms with van der Waals surface area (Å²) in [6.45, 7) is 6.26. The first-order valence-corrected chi connectivity index (χ1v) is 13.5. The number of carbonyl (C=O) groups is 2. The third-order valence-corrected chi connectivity index (χ3v) is 7.47. The lowest BCUT2D eigenvalue weighted by atomic mass is 10.1. The number of halogens is 3. The molecule has 1 aliphatic rings. The molecule has 1 aliphatic heterocycles. The second-order valence-corrected chi connectivity index (χ2v) is 10.8. The minimum Gasteiger partial charge on any atom is -0.478 e. The average molecular weight is 580 g/mol. The van der Waals surface area contributed by atoms with Gasteiger partial charge in [-0.05, 0) is 61.9 Å². The van der Waals surface area contributed by atoms with Gasteiger partial charge < -0.3 is 20.0 Å². The lowest BCUT2D eigenvalue weighted by Gasteiger charge is -2.42. The number of nitrogens with zero attached hydrogens (tertiary/aromatic N) is 2. The molecule has 0 aliphatic carbocycles. The van der Waals surface area contributed by atoms with Crippen molar-refractivity contribution in [3.05, 3.63) is 83.9 Å². The van der Waals surface area contributed by atoms with Crippen molar-refractivity contribution >= 4 is 39.0 Å². The normalized spacial score (nSPS) is 15.6. The molecule has 9 nitrogen and oxygen atoms in total. The van der Waals surface area contributed by atoms with Crippen LogP contribution in [0.1, 0.15) is 22.8 Å². The van der Waals surface area contributed by atoms with E-state index in [2.05, 4.69) is 46.6 Å². The number of anilines is 3. The molecule has 0 amide bonds. The fraction of sp³-hybridized carbons (Fsp3) is 0.259. The Bertz CT molecular complexity index is 1470. The monoisotopic (exact) mass is 579 g/mol. The average Bonchev–Trinajstić information content (AvgIpc) is 2.88. The summed E-state index contributed by atoms with van der Waals surface area (Å²) in [5, 5.41) is 17.0. The van der Waals surface area contributed by atoms with Gasteiger partial charge in [-0.25, -0.2) is 18.0 Å². The summed E-state index contributed by atoms with van der Waals surface area (Å²) < 4.78 is 59.5. The molecule has 3 aromatic rings. The number of rotatable bonds is 6. The lowest BCUT2D eigenvalue weighted by molar-refractivity contribution is -0.192. The molecule has 1 unspecified atom stereocenters. The van der Waals surface area contributed by atoms with Crippen LogP contribution in [0.3, 0.4) is 0 Å². The zero-order valence-corrected chi connectivity index (χ0v) is 22.4. The number of alkyl halides is 3. The molecule has 4 rings (SSSR count). The van der Waals surface area contributed by atoms with E-state index < -0.39 is 28.1 Å². The minimum atomic E-state index is -5.08. The van der Waals surface area contributed by atoms with E-state index in [1.54, 1.807) is 30.3 Å². The van der Waals surface area contributed by atoms with Gasteiger partial charge in [0.25, 0.3) is 10.0 Å². The number of aromatic carboxylic acids is 1. The van der Waals surface area contributed by atoms with Gasteiger partial charge in [-0.2, -0.15) is 13.2 Å². The number of piperazine rings is 1. The van der Waals surface area contributed by atoms with Crippen molar-refractivity contribution in [1.29, 1.82) is 0 Å². The Morgan fingerprint density at radius 3 is 2.15 bits per heavy atom. The quantitative estimate of drug-likeness (QED) is 0.379. The molecule has 1 saturated heterocycles. The number of aliphatic carboxylic acids is 1. The number of carboxylic acid groups (broad SMARTS) is 2. The van der Waals surface area contributed by atoms with Crippen molar-refractivity contribution in [2.45, 2.75) is 31.0 Å². The molecule has 40 heavy (non-hydrogen) atoms. The van der Waals surface area contributed by atoms with Crippen LogP contribution in [0, 0.1) is 6.92 Å². The van der Waals surface area contributed by atoms with Crippen molar-refractivity contribution in [3.63, 3.8) is 0 Å². The van der Waals surface area contributed by atoms with Crippen LogP contribution in [-0.4, -0.2) is 62.4 Å². The predicted octanol–water partition coefficient (Wildman–Crippen LogP) is 4.84. The number of sulfonamides is 1. The van der Waals surface area contributed by atoms with Gasteiger partial charge in [-0.1, -0.05) is 30.3 Å². The van der Waals surface area contributed by atoms with Crippen LogP contribution in [0.4, 0.5) is 30.2 Å². The van der Waals surface area contributed by atoms with Gasteiger partial charge in [-0.15, -0.1) is 0 Å². The minimum absolute atomic E-state index is 0.0690. The van der Waals surface area contributed by atoms with E-state index >= 15 is 0 Å². The molecule has 214 valence electrons. The Balaban J connectivity index is 0.000000559. The first-order valence-electron chi connectivity index (χ1n) is 12.0. The van der Waals surface area contributed by atoms with Gasteiger partial charge in [0.1, 0.15) is 0 Å². The molecule has 1 heterocycles. The summed E-state index contributed by atoms with van der Waals surface area (Å²) in [6, 6.07) is 21.2. The molecule has 0 saturated carbocycles. The van der Waals surface area contributed by atoms with Crippen LogP contribution in [0.25, 0.3) is 0 Å². The second kappa shape index (κ2) is 12.3. The topological polar surface area (TPSA) is 127 Å². The van der Waals surface area contributed by atoms with Crippen LogP contribution < -0.4 is 14.5 Å². The molecule has 1 atom stereocenters. The lowest BCUT2D eigenvalue weighted by Crippen LogP contribution is -2.52. The summed E-state index contributed by atoms with van der Waals surface area (Å²) in [5.41, 5.74) is 3.22. The number of carboxylic acids is 2. The Hall–Kier alpha value is -4.26. The van der Waals surface area contributed by atoms with E-state index in [4.69, 9.17) is 9.90 Å². The van der Waals surface area contributed by atoms with Crippen molar-refractivity contribution in [1.82, 2.24) is 0 Å². The summed E-state index contributed by atoms with van der Waals surface area (Å²) in [7, 11) is -3.81. The third-order valence-electron chi connectivity index (χ3n) is 6.08. The standard InChI is InChI=1S/C25H27N3O4S.C2HF3O2/c1-18-7-6-8-21(15-18)28-14-13-27(17-19(28)2)24-12-11-20(16-23(24)25(29)30)26-33(31,32)22-9-4-3-5-10-22;3-2(4,5)1(6)7/h3-12,15-16,19,26H,13-14,17H2,1-2H3,(H,29,30);(H,6,7). The maximum atomic E-state index is 12.6. The predicted molar refractivity (Wildman–Crippen MR) is 145 cm³/mol. The van der Waals surface area contributed by atoms with E-state index in [1.807, 2.05) is 6.07 Å². The molecule has 13 heteroatoms. The largest absolute Gasteiger partial charge is 0.490 e. The van der Waals surface area contributed by atoms with Gasteiger partial charge in [0.15, 0.2) is 0 Å². The summed E-state index contributed by atoms with van der Waals surface area (Å²) in [6.07, 6.45) is -5.08. The highest BCUT2D eigenvalue weighted by molar-refractivity contribution is 7.92. The van der Waals surface area contributed by atoms with Crippen LogP contribution in [-0.2, 0) is 14.8 Å². The van der Waals surface area contributed by atoms with Crippen LogP contribution >= 0.6 is 0 Å². The fourth-order valence-electron chi connectivity index (χ4n) is 4.23. The Morgan fingerprint density at radius 2 is 1.60 bits per heavy atom. The zero-order valence-electron chi connectivity index (χ0n) is 21.6. The first-order chi connectivity index (χ1) is 18.7. The third kappa shape index (κ3) is 7.65. The number of hydrogen-bond acceptors (Lipinski definition) is 6. The summed E-state index contributed by atoms with van der Waals surface area (Å²) >= 11 is 0. The molecule has 1 fully saturated rings. The van der Waals surface area contributed by atoms with Crippen molar-refractivity contribution in [3.8, 4) is 0 Å². The molecule has 0 aromatic heterocycles. The van der Waals surface area contributed by atoms with Crippen LogP contribution in [0.5, 0.6) is 0 Å². The summed E-state index contributed by atoms with van der Waals surface area (Å²) in [4.78, 5) is 25.4. The van der Waals surface area contributed by atoms with Gasteiger partial charge in [0.2, 0.25) is 0 Å². The van der Waals surface area contributed by atoms with E-state index in [9.17, 15) is 31.5 Å². The highest BCUT2D eigenvalue weighted by Gasteiger charge is 2.38. The highest BCUT2D eigenvalue weighted by atomic mass is 32.2. The van der Waals surface area contributed by atoms with Crippen molar-refractivity contribution < 1.29 is 41.4 Å². The van der Waals surface area contributed by atoms with Crippen LogP contribution in [0.2, 0.25) is 0 Å². The molecule has 3 aromatic carbocycles. The maximum absolute atomic E-state index is 12.6. The van der Waals surface area contributed by atoms with E-state index in [1.165, 1.54) is 23.8 Å². The van der Waals surface area contributed by atoms with Gasteiger partial charge in [0.05, 0.1) is 16.1 Å². The SMILES string of the molecule is Cc1cccc(N2CCN(c3ccc(NS(=O)(=O)c4ccccc4)cc3C(=O)O)CC2C)c1.O=C(O)C(F)(F)F. The van der Waals surface area contributed by atoms with E-state index in [0.717, 1.165) is 12.2 Å². The second-order valence-electron chi connectivity index (χ2n) is 9.09. The summed E-state index contributed by atoms with van der Waals surface area (Å²) in [5.74, 6) is -3.85. The Labute approximate surface area is 229 Å². The zero-order chi connectivity index (χ0) is 29.7. The Kier molecular flexibility index (Phi) is 9.30. The van der Waals surface area contributed by atoms with Crippen molar-refractivity contribution in [2.24, 2.45) is 0 Å². The molecule has 3 N–H and O–H groups in total. The molecule has 0 bridgehead atoms. The number of nitrogens with one attached hydrogen (secondary N) is 1.